The van der Waals surface area contributed by atoms with Crippen molar-refractivity contribution < 1.29 is 0 Å². The van der Waals surface area contributed by atoms with E-state index in [0.29, 0.717) is 0 Å². The van der Waals surface area contributed by atoms with E-state index in [1.807, 2.05) is 0 Å². The number of hydrogen-bond donors (Lipinski definition) is 0. The third kappa shape index (κ3) is 5.37. The zero-order chi connectivity index (χ0) is 9.07. The lowest BCUT2D eigenvalue weighted by atomic mass is 9.88. The van der Waals surface area contributed by atoms with Gasteiger partial charge in [-0.05, 0) is 29.0 Å². The van der Waals surface area contributed by atoms with Crippen LogP contribution in [0, 0.1) is 11.3 Å². The summed E-state index contributed by atoms with van der Waals surface area (Å²) in [5.74, 6) is 0.773. The second-order valence-electron chi connectivity index (χ2n) is 4.61. The van der Waals surface area contributed by atoms with Gasteiger partial charge in [0.25, 0.3) is 0 Å². The predicted octanol–water partition coefficient (Wildman–Crippen LogP) is 3.84. The maximum atomic E-state index is 5.31. The van der Waals surface area contributed by atoms with Crippen LogP contribution < -0.4 is 0 Å². The summed E-state index contributed by atoms with van der Waals surface area (Å²) in [5.41, 5.74) is 0.226. The summed E-state index contributed by atoms with van der Waals surface area (Å²) in [4.78, 5) is 1.21. The molecule has 0 spiro atoms. The van der Waals surface area contributed by atoms with Crippen LogP contribution in [0.25, 0.3) is 0 Å². The van der Waals surface area contributed by atoms with Gasteiger partial charge in [0.05, 0.1) is 0 Å². The molecule has 0 aliphatic carbocycles. The van der Waals surface area contributed by atoms with Crippen LogP contribution in [0.5, 0.6) is 0 Å². The lowest BCUT2D eigenvalue weighted by Crippen LogP contribution is -2.18. The fraction of sp³-hybridized carbons (Fsp3) is 0.900. The van der Waals surface area contributed by atoms with Crippen LogP contribution in [-0.2, 0) is 0 Å². The first kappa shape index (κ1) is 11.1. The molecule has 0 aromatic heterocycles. The second kappa shape index (κ2) is 4.20. The van der Waals surface area contributed by atoms with Crippen molar-refractivity contribution in [2.45, 2.75) is 47.5 Å². The minimum absolute atomic E-state index is 0.226. The third-order valence-electron chi connectivity index (χ3n) is 1.79. The van der Waals surface area contributed by atoms with E-state index in [4.69, 9.17) is 12.2 Å². The first-order valence-corrected chi connectivity index (χ1v) is 4.78. The number of thiocarbonyl (C=S) groups is 1. The van der Waals surface area contributed by atoms with E-state index in [2.05, 4.69) is 34.6 Å². The second-order valence-corrected chi connectivity index (χ2v) is 5.10. The molecule has 0 saturated heterocycles. The van der Waals surface area contributed by atoms with Gasteiger partial charge in [-0.2, -0.15) is 0 Å². The fourth-order valence-electron chi connectivity index (χ4n) is 0.795. The van der Waals surface area contributed by atoms with E-state index in [9.17, 15) is 0 Å². The summed E-state index contributed by atoms with van der Waals surface area (Å²) in [5, 5.41) is 0. The number of hydrogen-bond acceptors (Lipinski definition) is 1. The Hall–Kier alpha value is 0.0900. The zero-order valence-electron chi connectivity index (χ0n) is 8.40. The average molecular weight is 172 g/mol. The Morgan fingerprint density at radius 3 is 2.00 bits per heavy atom. The molecule has 0 nitrogen and oxygen atoms in total. The van der Waals surface area contributed by atoms with Crippen LogP contribution in [0.4, 0.5) is 0 Å². The molecular weight excluding hydrogens is 152 g/mol. The van der Waals surface area contributed by atoms with Gasteiger partial charge < -0.3 is 0 Å². The van der Waals surface area contributed by atoms with E-state index in [1.165, 1.54) is 11.3 Å². The van der Waals surface area contributed by atoms with Crippen LogP contribution in [0.2, 0.25) is 0 Å². The Morgan fingerprint density at radius 1 is 1.27 bits per heavy atom. The summed E-state index contributed by atoms with van der Waals surface area (Å²) in [7, 11) is 0. The highest BCUT2D eigenvalue weighted by atomic mass is 32.1. The van der Waals surface area contributed by atoms with Crippen molar-refractivity contribution in [1.29, 1.82) is 0 Å². The Morgan fingerprint density at radius 2 is 1.73 bits per heavy atom. The molecule has 0 rings (SSSR count). The van der Waals surface area contributed by atoms with Crippen molar-refractivity contribution in [2.75, 3.05) is 0 Å². The van der Waals surface area contributed by atoms with Crippen molar-refractivity contribution in [2.24, 2.45) is 11.3 Å². The Labute approximate surface area is 76.4 Å². The molecular formula is C10H20S. The van der Waals surface area contributed by atoms with E-state index in [0.717, 1.165) is 12.3 Å². The van der Waals surface area contributed by atoms with Gasteiger partial charge in [0.1, 0.15) is 0 Å². The summed E-state index contributed by atoms with van der Waals surface area (Å²) >= 11 is 5.31. The highest BCUT2D eigenvalue weighted by Gasteiger charge is 2.16. The minimum atomic E-state index is 0.226. The highest BCUT2D eigenvalue weighted by molar-refractivity contribution is 7.80. The van der Waals surface area contributed by atoms with Gasteiger partial charge in [-0.3, -0.25) is 0 Å². The quantitative estimate of drug-likeness (QED) is 0.583. The van der Waals surface area contributed by atoms with Gasteiger partial charge in [-0.15, -0.1) is 0 Å². The largest absolute Gasteiger partial charge is 0.0891 e. The predicted molar refractivity (Wildman–Crippen MR) is 56.1 cm³/mol. The van der Waals surface area contributed by atoms with E-state index in [1.54, 1.807) is 0 Å². The van der Waals surface area contributed by atoms with Crippen LogP contribution in [0.15, 0.2) is 0 Å². The average Bonchev–Trinajstić information content (AvgIpc) is 1.80. The van der Waals surface area contributed by atoms with Gasteiger partial charge in [0.15, 0.2) is 0 Å². The van der Waals surface area contributed by atoms with E-state index in [-0.39, 0.29) is 5.41 Å². The summed E-state index contributed by atoms with van der Waals surface area (Å²) in [6.07, 6.45) is 2.34. The van der Waals surface area contributed by atoms with Crippen LogP contribution in [-0.4, -0.2) is 4.86 Å². The molecule has 0 amide bonds. The molecule has 0 bridgehead atoms. The summed E-state index contributed by atoms with van der Waals surface area (Å²) in [6, 6.07) is 0. The minimum Gasteiger partial charge on any atom is -0.0891 e. The topological polar surface area (TPSA) is 0 Å². The van der Waals surface area contributed by atoms with E-state index >= 15 is 0 Å². The van der Waals surface area contributed by atoms with Gasteiger partial charge in [-0.1, -0.05) is 46.8 Å². The van der Waals surface area contributed by atoms with Crippen LogP contribution in [0.1, 0.15) is 47.5 Å². The molecule has 0 aliphatic heterocycles. The fourth-order valence-corrected chi connectivity index (χ4v) is 0.913. The van der Waals surface area contributed by atoms with Crippen molar-refractivity contribution in [3.63, 3.8) is 0 Å². The van der Waals surface area contributed by atoms with Crippen molar-refractivity contribution >= 4 is 17.1 Å². The molecule has 66 valence electrons. The van der Waals surface area contributed by atoms with Crippen LogP contribution in [0.3, 0.4) is 0 Å². The number of rotatable bonds is 3. The lowest BCUT2D eigenvalue weighted by molar-refractivity contribution is 0.553. The molecule has 0 fully saturated rings. The van der Waals surface area contributed by atoms with Gasteiger partial charge in [0, 0.05) is 0 Å². The monoisotopic (exact) mass is 172 g/mol. The first-order chi connectivity index (χ1) is 4.84. The highest BCUT2D eigenvalue weighted by Crippen LogP contribution is 2.20. The molecule has 1 heteroatoms. The molecule has 11 heavy (non-hydrogen) atoms. The molecule has 0 N–H and O–H groups in total. The molecule has 0 unspecified atom stereocenters. The maximum Gasteiger partial charge on any atom is -0.00179 e. The van der Waals surface area contributed by atoms with Crippen molar-refractivity contribution in [1.82, 2.24) is 0 Å². The zero-order valence-corrected chi connectivity index (χ0v) is 9.22. The summed E-state index contributed by atoms with van der Waals surface area (Å²) in [6.45, 7) is 11.1. The SMILES string of the molecule is CC(C)CCC(=S)C(C)(C)C. The Bertz CT molecular complexity index is 128. The third-order valence-corrected chi connectivity index (χ3v) is 2.60. The van der Waals surface area contributed by atoms with Gasteiger partial charge in [0.2, 0.25) is 0 Å². The van der Waals surface area contributed by atoms with Crippen molar-refractivity contribution in [3.8, 4) is 0 Å². The van der Waals surface area contributed by atoms with Crippen LogP contribution >= 0.6 is 12.2 Å². The molecule has 0 saturated carbocycles. The normalized spacial score (nSPS) is 12.2. The molecule has 0 aromatic carbocycles. The van der Waals surface area contributed by atoms with Crippen molar-refractivity contribution in [3.05, 3.63) is 0 Å². The first-order valence-electron chi connectivity index (χ1n) is 4.37. The summed E-state index contributed by atoms with van der Waals surface area (Å²) < 4.78 is 0. The Kier molecular flexibility index (Phi) is 4.23. The maximum absolute atomic E-state index is 5.31. The molecule has 0 heterocycles. The van der Waals surface area contributed by atoms with Gasteiger partial charge >= 0.3 is 0 Å². The molecule has 0 aromatic rings. The molecule has 0 radical (unpaired) electrons. The molecule has 0 aliphatic rings. The standard InChI is InChI=1S/C10H20S/c1-8(2)6-7-9(11)10(3,4)5/h8H,6-7H2,1-5H3. The Balaban J connectivity index is 3.71. The molecule has 0 atom stereocenters. The lowest BCUT2D eigenvalue weighted by Gasteiger charge is -2.20. The van der Waals surface area contributed by atoms with Gasteiger partial charge in [-0.25, -0.2) is 0 Å². The van der Waals surface area contributed by atoms with E-state index < -0.39 is 0 Å². The smallest absolute Gasteiger partial charge is 0.00179 e.